The number of ether oxygens (including phenoxy) is 5. The van der Waals surface area contributed by atoms with Crippen LogP contribution in [0.5, 0.6) is 23.0 Å². The van der Waals surface area contributed by atoms with Crippen molar-refractivity contribution in [2.45, 2.75) is 26.5 Å². The Bertz CT molecular complexity index is 1910. The summed E-state index contributed by atoms with van der Waals surface area (Å²) in [4.78, 5) is 32.5. The number of thiazole rings is 1. The van der Waals surface area contributed by atoms with Crippen LogP contribution in [0, 0.1) is 3.57 Å². The lowest BCUT2D eigenvalue weighted by atomic mass is 9.94. The molecule has 1 aliphatic heterocycles. The van der Waals surface area contributed by atoms with Gasteiger partial charge >= 0.3 is 5.97 Å². The summed E-state index contributed by atoms with van der Waals surface area (Å²) >= 11 is 3.44. The number of halogens is 1. The topological polar surface area (TPSA) is 97.6 Å². The minimum Gasteiger partial charge on any atom is -0.497 e. The van der Waals surface area contributed by atoms with Crippen LogP contribution in [0.2, 0.25) is 0 Å². The molecule has 0 aliphatic carbocycles. The summed E-state index contributed by atoms with van der Waals surface area (Å²) in [5.41, 5.74) is 2.77. The molecule has 228 valence electrons. The highest BCUT2D eigenvalue weighted by atomic mass is 127. The van der Waals surface area contributed by atoms with Crippen LogP contribution in [-0.4, -0.2) is 38.5 Å². The van der Waals surface area contributed by atoms with Crippen molar-refractivity contribution in [2.75, 3.05) is 27.9 Å². The fourth-order valence-electron chi connectivity index (χ4n) is 4.98. The standard InChI is InChI=1S/C33H31IN2O7S/c1-6-42-32(38)28-19(2)35-33-36(29(28)23-17-22(39-3)12-13-25(23)40-4)31(37)27(44-33)16-21-14-24(34)30(26(15-21)41-5)43-18-20-10-8-7-9-11-20/h7-17,29H,6,18H2,1-5H3/b27-16+. The van der Waals surface area contributed by atoms with E-state index in [2.05, 4.69) is 27.6 Å². The van der Waals surface area contributed by atoms with Crippen LogP contribution in [-0.2, 0) is 16.1 Å². The largest absolute Gasteiger partial charge is 0.497 e. The highest BCUT2D eigenvalue weighted by Gasteiger charge is 2.35. The molecule has 2 heterocycles. The highest BCUT2D eigenvalue weighted by Crippen LogP contribution is 2.38. The number of benzene rings is 3. The Hall–Kier alpha value is -4.10. The van der Waals surface area contributed by atoms with E-state index in [9.17, 15) is 9.59 Å². The number of nitrogens with zero attached hydrogens (tertiary/aromatic N) is 2. The molecule has 3 aromatic carbocycles. The van der Waals surface area contributed by atoms with Gasteiger partial charge in [-0.1, -0.05) is 41.7 Å². The first-order valence-corrected chi connectivity index (χ1v) is 15.6. The number of carbonyl (C=O) groups excluding carboxylic acids is 1. The summed E-state index contributed by atoms with van der Waals surface area (Å²) in [7, 11) is 4.68. The van der Waals surface area contributed by atoms with Crippen LogP contribution in [0.15, 0.2) is 81.7 Å². The molecule has 0 saturated heterocycles. The van der Waals surface area contributed by atoms with Gasteiger partial charge in [0, 0.05) is 5.56 Å². The Labute approximate surface area is 272 Å². The van der Waals surface area contributed by atoms with Crippen molar-refractivity contribution in [2.24, 2.45) is 4.99 Å². The Morgan fingerprint density at radius 1 is 1.02 bits per heavy atom. The second-order valence-electron chi connectivity index (χ2n) is 9.72. The number of esters is 1. The normalized spacial score (nSPS) is 14.5. The quantitative estimate of drug-likeness (QED) is 0.168. The second-order valence-corrected chi connectivity index (χ2v) is 11.9. The molecule has 0 radical (unpaired) electrons. The van der Waals surface area contributed by atoms with E-state index in [0.717, 1.165) is 14.7 Å². The SMILES string of the molecule is CCOC(=O)C1=C(C)N=c2s/c(=C/c3cc(I)c(OCc4ccccc4)c(OC)c3)c(=O)n2C1c1cc(OC)ccc1OC. The summed E-state index contributed by atoms with van der Waals surface area (Å²) in [5.74, 6) is 1.66. The zero-order valence-electron chi connectivity index (χ0n) is 24.9. The smallest absolute Gasteiger partial charge is 0.338 e. The highest BCUT2D eigenvalue weighted by molar-refractivity contribution is 14.1. The molecular formula is C33H31IN2O7S. The molecule has 0 fully saturated rings. The fraction of sp³-hybridized carbons (Fsp3) is 0.242. The van der Waals surface area contributed by atoms with Gasteiger partial charge in [-0.25, -0.2) is 9.79 Å². The lowest BCUT2D eigenvalue weighted by Crippen LogP contribution is -2.40. The number of methoxy groups -OCH3 is 3. The maximum absolute atomic E-state index is 14.1. The number of rotatable bonds is 10. The van der Waals surface area contributed by atoms with Crippen LogP contribution < -0.4 is 33.8 Å². The molecule has 11 heteroatoms. The van der Waals surface area contributed by atoms with Crippen LogP contribution in [0.4, 0.5) is 0 Å². The number of allylic oxidation sites excluding steroid dienone is 1. The third-order valence-corrected chi connectivity index (χ3v) is 8.81. The molecule has 0 N–H and O–H groups in total. The van der Waals surface area contributed by atoms with Crippen molar-refractivity contribution in [1.29, 1.82) is 0 Å². The van der Waals surface area contributed by atoms with E-state index >= 15 is 0 Å². The minimum absolute atomic E-state index is 0.174. The lowest BCUT2D eigenvalue weighted by Gasteiger charge is -2.26. The van der Waals surface area contributed by atoms with Crippen LogP contribution in [0.25, 0.3) is 6.08 Å². The summed E-state index contributed by atoms with van der Waals surface area (Å²) < 4.78 is 31.1. The van der Waals surface area contributed by atoms with Gasteiger partial charge in [0.25, 0.3) is 5.56 Å². The van der Waals surface area contributed by atoms with E-state index < -0.39 is 12.0 Å². The first-order valence-electron chi connectivity index (χ1n) is 13.7. The van der Waals surface area contributed by atoms with Gasteiger partial charge in [0.1, 0.15) is 24.1 Å². The van der Waals surface area contributed by atoms with E-state index in [0.29, 0.717) is 50.2 Å². The van der Waals surface area contributed by atoms with E-state index in [-0.39, 0.29) is 17.7 Å². The molecule has 1 unspecified atom stereocenters. The molecule has 0 spiro atoms. The Morgan fingerprint density at radius 2 is 1.77 bits per heavy atom. The van der Waals surface area contributed by atoms with Crippen LogP contribution in [0.3, 0.4) is 0 Å². The van der Waals surface area contributed by atoms with Gasteiger partial charge in [-0.15, -0.1) is 0 Å². The number of aromatic nitrogens is 1. The molecule has 0 saturated carbocycles. The van der Waals surface area contributed by atoms with Gasteiger partial charge in [-0.2, -0.15) is 0 Å². The van der Waals surface area contributed by atoms with Gasteiger partial charge in [0.15, 0.2) is 16.3 Å². The average molecular weight is 727 g/mol. The predicted molar refractivity (Wildman–Crippen MR) is 176 cm³/mol. The van der Waals surface area contributed by atoms with E-state index in [1.54, 1.807) is 52.3 Å². The molecule has 44 heavy (non-hydrogen) atoms. The van der Waals surface area contributed by atoms with Crippen LogP contribution in [0.1, 0.15) is 36.6 Å². The maximum Gasteiger partial charge on any atom is 0.338 e. The average Bonchev–Trinajstić information content (AvgIpc) is 3.33. The number of hydrogen-bond acceptors (Lipinski definition) is 9. The van der Waals surface area contributed by atoms with Gasteiger partial charge in [0.05, 0.1) is 47.3 Å². The number of hydrogen-bond donors (Lipinski definition) is 0. The van der Waals surface area contributed by atoms with Gasteiger partial charge < -0.3 is 23.7 Å². The molecule has 0 amide bonds. The number of fused-ring (bicyclic) bond motifs is 1. The Morgan fingerprint density at radius 3 is 2.45 bits per heavy atom. The Balaban J connectivity index is 1.63. The van der Waals surface area contributed by atoms with E-state index in [1.165, 1.54) is 23.0 Å². The van der Waals surface area contributed by atoms with Crippen molar-refractivity contribution in [3.8, 4) is 23.0 Å². The van der Waals surface area contributed by atoms with E-state index in [1.807, 2.05) is 42.5 Å². The lowest BCUT2D eigenvalue weighted by molar-refractivity contribution is -0.139. The van der Waals surface area contributed by atoms with Crippen molar-refractivity contribution in [3.63, 3.8) is 0 Å². The second kappa shape index (κ2) is 13.7. The fourth-order valence-corrected chi connectivity index (χ4v) is 6.81. The predicted octanol–water partition coefficient (Wildman–Crippen LogP) is 5.01. The summed E-state index contributed by atoms with van der Waals surface area (Å²) in [6.45, 7) is 4.04. The molecule has 0 bridgehead atoms. The summed E-state index contributed by atoms with van der Waals surface area (Å²) in [6.07, 6.45) is 1.79. The summed E-state index contributed by atoms with van der Waals surface area (Å²) in [6, 6.07) is 18.1. The zero-order valence-corrected chi connectivity index (χ0v) is 27.9. The zero-order chi connectivity index (χ0) is 31.4. The van der Waals surface area contributed by atoms with Gasteiger partial charge in [0.2, 0.25) is 0 Å². The van der Waals surface area contributed by atoms with Gasteiger partial charge in [-0.05, 0) is 84.0 Å². The molecule has 1 aromatic heterocycles. The maximum atomic E-state index is 14.1. The van der Waals surface area contributed by atoms with Crippen molar-refractivity contribution < 1.29 is 28.5 Å². The van der Waals surface area contributed by atoms with Crippen molar-refractivity contribution in [1.82, 2.24) is 4.57 Å². The summed E-state index contributed by atoms with van der Waals surface area (Å²) in [5, 5.41) is 0. The van der Waals surface area contributed by atoms with Crippen molar-refractivity contribution >= 4 is 46.0 Å². The third kappa shape index (κ3) is 6.25. The first-order chi connectivity index (χ1) is 21.3. The number of carbonyl (C=O) groups is 1. The molecule has 9 nitrogen and oxygen atoms in total. The molecular weight excluding hydrogens is 695 g/mol. The van der Waals surface area contributed by atoms with Crippen LogP contribution >= 0.6 is 33.9 Å². The molecule has 1 atom stereocenters. The Kier molecular flexibility index (Phi) is 9.74. The molecule has 4 aromatic rings. The molecule has 1 aliphatic rings. The van der Waals surface area contributed by atoms with Gasteiger partial charge in [-0.3, -0.25) is 9.36 Å². The van der Waals surface area contributed by atoms with Crippen molar-refractivity contribution in [3.05, 3.63) is 112 Å². The first kappa shape index (κ1) is 31.3. The van der Waals surface area contributed by atoms with E-state index in [4.69, 9.17) is 23.7 Å². The third-order valence-electron chi connectivity index (χ3n) is 7.02. The monoisotopic (exact) mass is 726 g/mol. The molecule has 5 rings (SSSR count). The minimum atomic E-state index is -0.846.